The number of benzene rings is 1. The van der Waals surface area contributed by atoms with Crippen LogP contribution in [0.3, 0.4) is 0 Å². The van der Waals surface area contributed by atoms with Crippen molar-refractivity contribution >= 4 is 10.2 Å². The normalized spacial score (nSPS) is 13.7. The Morgan fingerprint density at radius 3 is 1.83 bits per heavy atom. The number of ether oxygens (including phenoxy) is 1. The lowest BCUT2D eigenvalue weighted by Gasteiger charge is -2.24. The Balaban J connectivity index is 3.21. The minimum Gasteiger partial charge on any atom is -0.319 e. The van der Waals surface area contributed by atoms with Crippen molar-refractivity contribution < 1.29 is 34.6 Å². The van der Waals surface area contributed by atoms with E-state index in [9.17, 15) is 29.9 Å². The first kappa shape index (κ1) is 14.8. The highest BCUT2D eigenvalue weighted by atomic mass is 32.3. The Kier molecular flexibility index (Phi) is 3.68. The maximum absolute atomic E-state index is 13.2. The molecule has 18 heavy (non-hydrogen) atoms. The Morgan fingerprint density at radius 2 is 1.50 bits per heavy atom. The van der Waals surface area contributed by atoms with Crippen molar-refractivity contribution in [3.8, 4) is 0 Å². The molecule has 1 aromatic rings. The van der Waals surface area contributed by atoms with E-state index < -0.39 is 32.7 Å². The topological polar surface area (TPSA) is 43.4 Å². The standard InChI is InChI=1S/C9H7F5O3S/c1-17-9(12,13)8(10,11)6-2-4-7(5-3-6)18(14,15)16/h2-5H,1H3. The molecule has 3 nitrogen and oxygen atoms in total. The Hall–Kier alpha value is -1.22. The molecule has 0 aromatic heterocycles. The maximum Gasteiger partial charge on any atom is 0.423 e. The molecular weight excluding hydrogens is 283 g/mol. The zero-order chi connectivity index (χ0) is 14.2. The number of methoxy groups -OCH3 is 1. The molecule has 0 spiro atoms. The van der Waals surface area contributed by atoms with Gasteiger partial charge in [-0.15, -0.1) is 3.89 Å². The van der Waals surface area contributed by atoms with Crippen molar-refractivity contribution in [1.29, 1.82) is 0 Å². The molecule has 0 radical (unpaired) electrons. The number of alkyl halides is 4. The van der Waals surface area contributed by atoms with Crippen LogP contribution in [-0.2, 0) is 20.9 Å². The van der Waals surface area contributed by atoms with Gasteiger partial charge in [-0.05, 0) is 12.1 Å². The molecule has 1 rings (SSSR count). The lowest BCUT2D eigenvalue weighted by Crippen LogP contribution is -2.39. The monoisotopic (exact) mass is 290 g/mol. The Bertz CT molecular complexity index is 524. The van der Waals surface area contributed by atoms with Gasteiger partial charge in [0.05, 0.1) is 4.90 Å². The van der Waals surface area contributed by atoms with Crippen LogP contribution in [0.5, 0.6) is 0 Å². The van der Waals surface area contributed by atoms with Crippen LogP contribution in [0.4, 0.5) is 21.4 Å². The molecule has 0 amide bonds. The first-order chi connectivity index (χ1) is 8.02. The van der Waals surface area contributed by atoms with Crippen LogP contribution in [-0.4, -0.2) is 21.6 Å². The molecule has 0 heterocycles. The van der Waals surface area contributed by atoms with Gasteiger partial charge in [-0.3, -0.25) is 0 Å². The predicted molar refractivity (Wildman–Crippen MR) is 50.6 cm³/mol. The van der Waals surface area contributed by atoms with Gasteiger partial charge in [0, 0.05) is 12.7 Å². The summed E-state index contributed by atoms with van der Waals surface area (Å²) in [5, 5.41) is 0. The van der Waals surface area contributed by atoms with Crippen LogP contribution in [0.2, 0.25) is 0 Å². The second-order valence-corrected chi connectivity index (χ2v) is 4.60. The fourth-order valence-electron chi connectivity index (χ4n) is 1.12. The summed E-state index contributed by atoms with van der Waals surface area (Å²) in [5.41, 5.74) is -1.19. The highest BCUT2D eigenvalue weighted by Gasteiger charge is 2.58. The molecule has 0 saturated carbocycles. The average Bonchev–Trinajstić information content (AvgIpc) is 2.27. The summed E-state index contributed by atoms with van der Waals surface area (Å²) in [6.45, 7) is 0. The molecule has 1 aromatic carbocycles. The quantitative estimate of drug-likeness (QED) is 0.632. The SMILES string of the molecule is COC(F)(F)C(F)(F)c1ccc(S(=O)(=O)F)cc1. The van der Waals surface area contributed by atoms with Gasteiger partial charge in [0.25, 0.3) is 0 Å². The molecule has 0 aliphatic rings. The van der Waals surface area contributed by atoms with Crippen LogP contribution in [0.15, 0.2) is 29.2 Å². The van der Waals surface area contributed by atoms with Crippen LogP contribution < -0.4 is 0 Å². The summed E-state index contributed by atoms with van der Waals surface area (Å²) in [6.07, 6.45) is -4.76. The van der Waals surface area contributed by atoms with Gasteiger partial charge in [0.2, 0.25) is 0 Å². The molecule has 9 heteroatoms. The van der Waals surface area contributed by atoms with Crippen molar-refractivity contribution in [2.45, 2.75) is 16.9 Å². The summed E-state index contributed by atoms with van der Waals surface area (Å²) in [4.78, 5) is -0.900. The van der Waals surface area contributed by atoms with Gasteiger partial charge in [0.1, 0.15) is 0 Å². The van der Waals surface area contributed by atoms with Gasteiger partial charge in [-0.25, -0.2) is 0 Å². The lowest BCUT2D eigenvalue weighted by atomic mass is 10.1. The number of halogens is 5. The molecule has 0 N–H and O–H groups in total. The smallest absolute Gasteiger partial charge is 0.319 e. The van der Waals surface area contributed by atoms with E-state index >= 15 is 0 Å². The van der Waals surface area contributed by atoms with E-state index in [0.29, 0.717) is 31.4 Å². The third-order valence-electron chi connectivity index (χ3n) is 2.12. The molecule has 0 aliphatic heterocycles. The summed E-state index contributed by atoms with van der Waals surface area (Å²) < 4.78 is 88.7. The average molecular weight is 290 g/mol. The third kappa shape index (κ3) is 2.61. The second-order valence-electron chi connectivity index (χ2n) is 3.26. The van der Waals surface area contributed by atoms with E-state index in [-0.39, 0.29) is 0 Å². The van der Waals surface area contributed by atoms with Crippen LogP contribution in [0.25, 0.3) is 0 Å². The molecule has 0 saturated heterocycles. The van der Waals surface area contributed by atoms with Gasteiger partial charge in [-0.2, -0.15) is 26.0 Å². The lowest BCUT2D eigenvalue weighted by molar-refractivity contribution is -0.344. The number of hydrogen-bond donors (Lipinski definition) is 0. The number of hydrogen-bond acceptors (Lipinski definition) is 3. The molecule has 0 atom stereocenters. The van der Waals surface area contributed by atoms with Gasteiger partial charge >= 0.3 is 22.3 Å². The third-order valence-corrected chi connectivity index (χ3v) is 2.96. The first-order valence-electron chi connectivity index (χ1n) is 4.38. The maximum atomic E-state index is 13.2. The van der Waals surface area contributed by atoms with Gasteiger partial charge in [-0.1, -0.05) is 12.1 Å². The first-order valence-corrected chi connectivity index (χ1v) is 5.76. The summed E-state index contributed by atoms with van der Waals surface area (Å²) in [7, 11) is -4.67. The van der Waals surface area contributed by atoms with Crippen LogP contribution >= 0.6 is 0 Å². The van der Waals surface area contributed by atoms with Crippen LogP contribution in [0, 0.1) is 0 Å². The zero-order valence-electron chi connectivity index (χ0n) is 8.83. The Morgan fingerprint density at radius 1 is 1.06 bits per heavy atom. The molecular formula is C9H7F5O3S. The van der Waals surface area contributed by atoms with Crippen molar-refractivity contribution in [3.63, 3.8) is 0 Å². The second kappa shape index (κ2) is 4.47. The minimum atomic E-state index is -5.07. The Labute approximate surface area is 99.4 Å². The van der Waals surface area contributed by atoms with Crippen molar-refractivity contribution in [1.82, 2.24) is 0 Å². The summed E-state index contributed by atoms with van der Waals surface area (Å²) in [5.74, 6) is -4.67. The molecule has 102 valence electrons. The van der Waals surface area contributed by atoms with E-state index in [1.807, 2.05) is 0 Å². The largest absolute Gasteiger partial charge is 0.423 e. The molecule has 0 unspecified atom stereocenters. The van der Waals surface area contributed by atoms with E-state index in [1.165, 1.54) is 0 Å². The fraction of sp³-hybridized carbons (Fsp3) is 0.333. The van der Waals surface area contributed by atoms with Crippen molar-refractivity contribution in [3.05, 3.63) is 29.8 Å². The summed E-state index contributed by atoms with van der Waals surface area (Å²) >= 11 is 0. The fourth-order valence-corrected chi connectivity index (χ4v) is 1.58. The van der Waals surface area contributed by atoms with E-state index in [1.54, 1.807) is 0 Å². The predicted octanol–water partition coefficient (Wildman–Crippen LogP) is 2.68. The zero-order valence-corrected chi connectivity index (χ0v) is 9.65. The van der Waals surface area contributed by atoms with Crippen molar-refractivity contribution in [2.75, 3.05) is 7.11 Å². The highest BCUT2D eigenvalue weighted by Crippen LogP contribution is 2.43. The molecule has 0 aliphatic carbocycles. The highest BCUT2D eigenvalue weighted by molar-refractivity contribution is 7.86. The number of rotatable bonds is 4. The van der Waals surface area contributed by atoms with Crippen molar-refractivity contribution in [2.24, 2.45) is 0 Å². The van der Waals surface area contributed by atoms with E-state index in [2.05, 4.69) is 4.74 Å². The molecule has 0 fully saturated rings. The van der Waals surface area contributed by atoms with Crippen LogP contribution in [0.1, 0.15) is 5.56 Å². The van der Waals surface area contributed by atoms with E-state index in [0.717, 1.165) is 0 Å². The summed E-state index contributed by atoms with van der Waals surface area (Å²) in [6, 6.07) is 1.70. The molecule has 0 bridgehead atoms. The van der Waals surface area contributed by atoms with E-state index in [4.69, 9.17) is 0 Å². The van der Waals surface area contributed by atoms with Gasteiger partial charge < -0.3 is 4.74 Å². The minimum absolute atomic E-state index is 0.388. The van der Waals surface area contributed by atoms with Gasteiger partial charge in [0.15, 0.2) is 0 Å².